The summed E-state index contributed by atoms with van der Waals surface area (Å²) in [5.41, 5.74) is 5.08. The SMILES string of the molecule is CCCCOC(=O)CCC(=O)CN.Cl. The predicted molar refractivity (Wildman–Crippen MR) is 56.4 cm³/mol. The number of esters is 1. The Morgan fingerprint density at radius 3 is 2.43 bits per heavy atom. The molecule has 0 aromatic carbocycles. The Hall–Kier alpha value is -0.610. The average molecular weight is 224 g/mol. The van der Waals surface area contributed by atoms with Crippen molar-refractivity contribution in [1.82, 2.24) is 0 Å². The van der Waals surface area contributed by atoms with Crippen LogP contribution in [0.5, 0.6) is 0 Å². The number of nitrogens with two attached hydrogens (primary N) is 1. The summed E-state index contributed by atoms with van der Waals surface area (Å²) in [5.74, 6) is -0.414. The van der Waals surface area contributed by atoms with Gasteiger partial charge in [0.05, 0.1) is 19.6 Å². The fraction of sp³-hybridized carbons (Fsp3) is 0.778. The highest BCUT2D eigenvalue weighted by Gasteiger charge is 2.05. The van der Waals surface area contributed by atoms with Crippen LogP contribution >= 0.6 is 12.4 Å². The first kappa shape index (κ1) is 15.8. The fourth-order valence-electron chi connectivity index (χ4n) is 0.746. The van der Waals surface area contributed by atoms with Crippen molar-refractivity contribution in [3.63, 3.8) is 0 Å². The van der Waals surface area contributed by atoms with E-state index in [9.17, 15) is 9.59 Å². The Labute approximate surface area is 90.6 Å². The van der Waals surface area contributed by atoms with Gasteiger partial charge in [-0.3, -0.25) is 9.59 Å². The molecule has 0 saturated carbocycles. The third kappa shape index (κ3) is 9.48. The lowest BCUT2D eigenvalue weighted by molar-refractivity contribution is -0.144. The van der Waals surface area contributed by atoms with Crippen molar-refractivity contribution in [2.75, 3.05) is 13.2 Å². The van der Waals surface area contributed by atoms with Crippen molar-refractivity contribution >= 4 is 24.2 Å². The fourth-order valence-corrected chi connectivity index (χ4v) is 0.746. The van der Waals surface area contributed by atoms with E-state index >= 15 is 0 Å². The smallest absolute Gasteiger partial charge is 0.306 e. The number of carbonyl (C=O) groups is 2. The van der Waals surface area contributed by atoms with Crippen molar-refractivity contribution < 1.29 is 14.3 Å². The monoisotopic (exact) mass is 223 g/mol. The Balaban J connectivity index is 0. The Morgan fingerprint density at radius 1 is 1.29 bits per heavy atom. The van der Waals surface area contributed by atoms with Gasteiger partial charge in [-0.2, -0.15) is 0 Å². The second-order valence-corrected chi connectivity index (χ2v) is 2.82. The number of unbranched alkanes of at least 4 members (excludes halogenated alkanes) is 1. The summed E-state index contributed by atoms with van der Waals surface area (Å²) < 4.78 is 4.85. The highest BCUT2D eigenvalue weighted by Crippen LogP contribution is 1.95. The molecule has 0 amide bonds. The second kappa shape index (κ2) is 10.5. The van der Waals surface area contributed by atoms with E-state index in [2.05, 4.69) is 0 Å². The van der Waals surface area contributed by atoms with E-state index in [1.165, 1.54) is 0 Å². The van der Waals surface area contributed by atoms with Crippen LogP contribution in [0, 0.1) is 0 Å². The predicted octanol–water partition coefficient (Wildman–Crippen LogP) is 1.06. The Kier molecular flexibility index (Phi) is 11.9. The maximum atomic E-state index is 10.9. The third-order valence-electron chi connectivity index (χ3n) is 1.60. The van der Waals surface area contributed by atoms with Gasteiger partial charge in [-0.15, -0.1) is 12.4 Å². The van der Waals surface area contributed by atoms with Gasteiger partial charge in [0.25, 0.3) is 0 Å². The van der Waals surface area contributed by atoms with Crippen LogP contribution in [0.4, 0.5) is 0 Å². The standard InChI is InChI=1S/C9H17NO3.ClH/c1-2-3-6-13-9(12)5-4-8(11)7-10;/h2-7,10H2,1H3;1H. The summed E-state index contributed by atoms with van der Waals surface area (Å²) in [5, 5.41) is 0. The zero-order chi connectivity index (χ0) is 10.1. The maximum Gasteiger partial charge on any atom is 0.306 e. The van der Waals surface area contributed by atoms with Crippen LogP contribution in [0.15, 0.2) is 0 Å². The molecule has 0 atom stereocenters. The number of halogens is 1. The zero-order valence-corrected chi connectivity index (χ0v) is 9.27. The van der Waals surface area contributed by atoms with Crippen molar-refractivity contribution in [3.8, 4) is 0 Å². The van der Waals surface area contributed by atoms with Crippen LogP contribution in [-0.4, -0.2) is 24.9 Å². The molecule has 0 heterocycles. The summed E-state index contributed by atoms with van der Waals surface area (Å²) in [6.45, 7) is 2.47. The minimum absolute atomic E-state index is 0. The zero-order valence-electron chi connectivity index (χ0n) is 8.45. The molecule has 84 valence electrons. The van der Waals surface area contributed by atoms with Crippen LogP contribution in [0.3, 0.4) is 0 Å². The van der Waals surface area contributed by atoms with Crippen molar-refractivity contribution in [1.29, 1.82) is 0 Å². The molecule has 0 aliphatic rings. The van der Waals surface area contributed by atoms with Crippen LogP contribution in [0.25, 0.3) is 0 Å². The van der Waals surface area contributed by atoms with Crippen molar-refractivity contribution in [2.45, 2.75) is 32.6 Å². The molecule has 0 bridgehead atoms. The topological polar surface area (TPSA) is 69.4 Å². The molecule has 0 saturated heterocycles. The summed E-state index contributed by atoms with van der Waals surface area (Å²) in [7, 11) is 0. The lowest BCUT2D eigenvalue weighted by Crippen LogP contribution is -2.15. The molecule has 0 aliphatic heterocycles. The van der Waals surface area contributed by atoms with Crippen molar-refractivity contribution in [3.05, 3.63) is 0 Å². The molecule has 0 radical (unpaired) electrons. The molecule has 0 aliphatic carbocycles. The molecule has 0 fully saturated rings. The molecule has 0 aromatic heterocycles. The van der Waals surface area contributed by atoms with E-state index in [-0.39, 0.29) is 43.5 Å². The molecule has 0 rings (SSSR count). The van der Waals surface area contributed by atoms with Gasteiger partial charge in [-0.25, -0.2) is 0 Å². The first-order valence-corrected chi connectivity index (χ1v) is 4.58. The van der Waals surface area contributed by atoms with Gasteiger partial charge in [-0.05, 0) is 6.42 Å². The van der Waals surface area contributed by atoms with Gasteiger partial charge in [0.15, 0.2) is 0 Å². The number of ether oxygens (including phenoxy) is 1. The Morgan fingerprint density at radius 2 is 1.93 bits per heavy atom. The van der Waals surface area contributed by atoms with Crippen molar-refractivity contribution in [2.24, 2.45) is 5.73 Å². The van der Waals surface area contributed by atoms with Gasteiger partial charge in [-0.1, -0.05) is 13.3 Å². The number of ketones is 1. The molecule has 4 nitrogen and oxygen atoms in total. The molecular weight excluding hydrogens is 206 g/mol. The number of hydrogen-bond acceptors (Lipinski definition) is 4. The molecule has 0 aromatic rings. The van der Waals surface area contributed by atoms with Gasteiger partial charge in [0, 0.05) is 6.42 Å². The highest BCUT2D eigenvalue weighted by molar-refractivity contribution is 5.85. The number of rotatable bonds is 7. The number of hydrogen-bond donors (Lipinski definition) is 1. The maximum absolute atomic E-state index is 10.9. The third-order valence-corrected chi connectivity index (χ3v) is 1.60. The molecule has 14 heavy (non-hydrogen) atoms. The van der Waals surface area contributed by atoms with E-state index in [1.54, 1.807) is 0 Å². The van der Waals surface area contributed by atoms with E-state index in [1.807, 2.05) is 6.92 Å². The minimum Gasteiger partial charge on any atom is -0.466 e. The van der Waals surface area contributed by atoms with Gasteiger partial charge >= 0.3 is 5.97 Å². The summed E-state index contributed by atoms with van der Waals surface area (Å²) in [6.07, 6.45) is 2.22. The highest BCUT2D eigenvalue weighted by atomic mass is 35.5. The van der Waals surface area contributed by atoms with E-state index < -0.39 is 0 Å². The van der Waals surface area contributed by atoms with Crippen LogP contribution in [0.1, 0.15) is 32.6 Å². The molecule has 0 unspecified atom stereocenters. The van der Waals surface area contributed by atoms with E-state index in [4.69, 9.17) is 10.5 Å². The number of carbonyl (C=O) groups excluding carboxylic acids is 2. The minimum atomic E-state index is -0.310. The molecule has 0 spiro atoms. The first-order chi connectivity index (χ1) is 6.20. The van der Waals surface area contributed by atoms with E-state index in [0.29, 0.717) is 6.61 Å². The molecular formula is C9H18ClNO3. The van der Waals surface area contributed by atoms with Crippen LogP contribution < -0.4 is 5.73 Å². The van der Waals surface area contributed by atoms with Crippen LogP contribution in [-0.2, 0) is 14.3 Å². The molecule has 5 heteroatoms. The summed E-state index contributed by atoms with van der Waals surface area (Å²) in [6, 6.07) is 0. The summed E-state index contributed by atoms with van der Waals surface area (Å²) >= 11 is 0. The Bertz CT molecular complexity index is 173. The van der Waals surface area contributed by atoms with E-state index in [0.717, 1.165) is 12.8 Å². The molecule has 2 N–H and O–H groups in total. The lowest BCUT2D eigenvalue weighted by Gasteiger charge is -2.02. The van der Waals surface area contributed by atoms with Gasteiger partial charge in [0.1, 0.15) is 5.78 Å². The summed E-state index contributed by atoms with van der Waals surface area (Å²) in [4.78, 5) is 21.6. The van der Waals surface area contributed by atoms with Gasteiger partial charge < -0.3 is 10.5 Å². The second-order valence-electron chi connectivity index (χ2n) is 2.82. The quantitative estimate of drug-likeness (QED) is 0.518. The lowest BCUT2D eigenvalue weighted by atomic mass is 10.2. The first-order valence-electron chi connectivity index (χ1n) is 4.58. The van der Waals surface area contributed by atoms with Gasteiger partial charge in [0.2, 0.25) is 0 Å². The average Bonchev–Trinajstić information content (AvgIpc) is 2.14. The number of Topliss-reactive ketones (excluding diaryl/α,β-unsaturated/α-hetero) is 1. The largest absolute Gasteiger partial charge is 0.466 e. The normalized spacial score (nSPS) is 9.00. The van der Waals surface area contributed by atoms with Crippen LogP contribution in [0.2, 0.25) is 0 Å².